The second-order valence-corrected chi connectivity index (χ2v) is 10.5. The largest absolute Gasteiger partial charge is 0.490 e. The third-order valence-electron chi connectivity index (χ3n) is 5.78. The Balaban J connectivity index is 0.000000708. The number of rotatable bonds is 9. The van der Waals surface area contributed by atoms with Crippen LogP contribution in [0.3, 0.4) is 0 Å². The summed E-state index contributed by atoms with van der Waals surface area (Å²) in [6.45, 7) is 7.30. The van der Waals surface area contributed by atoms with Gasteiger partial charge in [-0.05, 0) is 43.2 Å². The molecule has 1 saturated heterocycles. The number of carboxylic acids is 2. The van der Waals surface area contributed by atoms with Crippen LogP contribution in [0.25, 0.3) is 0 Å². The molecule has 2 aromatic rings. The highest BCUT2D eigenvalue weighted by Gasteiger charge is 2.38. The number of aliphatic carboxylic acids is 1. The Bertz CT molecular complexity index is 1310. The number of hydrogen-bond acceptors (Lipinski definition) is 7. The summed E-state index contributed by atoms with van der Waals surface area (Å²) in [6, 6.07) is 11.2. The Morgan fingerprint density at radius 1 is 1.00 bits per heavy atom. The molecule has 0 bridgehead atoms. The van der Waals surface area contributed by atoms with Crippen LogP contribution in [-0.2, 0) is 19.6 Å². The van der Waals surface area contributed by atoms with Gasteiger partial charge in [-0.3, -0.25) is 14.4 Å². The van der Waals surface area contributed by atoms with Gasteiger partial charge in [-0.2, -0.15) is 13.2 Å². The predicted octanol–water partition coefficient (Wildman–Crippen LogP) is 2.78. The van der Waals surface area contributed by atoms with Crippen LogP contribution in [0.2, 0.25) is 0 Å². The molecular formula is C25H31F3N4O7S. The molecule has 0 spiro atoms. The summed E-state index contributed by atoms with van der Waals surface area (Å²) in [4.78, 5) is 36.9. The van der Waals surface area contributed by atoms with Gasteiger partial charge < -0.3 is 20.4 Å². The molecule has 2 aromatic carbocycles. The highest BCUT2D eigenvalue weighted by atomic mass is 32.2. The summed E-state index contributed by atoms with van der Waals surface area (Å²) in [7, 11) is -3.93. The summed E-state index contributed by atoms with van der Waals surface area (Å²) < 4.78 is 59.8. The summed E-state index contributed by atoms with van der Waals surface area (Å²) in [5.41, 5.74) is 1.16. The van der Waals surface area contributed by atoms with Crippen LogP contribution in [0, 0.1) is 6.92 Å². The fraction of sp³-hybridized carbons (Fsp3) is 0.400. The van der Waals surface area contributed by atoms with Gasteiger partial charge in [0.25, 0.3) is 10.0 Å². The van der Waals surface area contributed by atoms with Crippen LogP contribution in [0.1, 0.15) is 29.3 Å². The lowest BCUT2D eigenvalue weighted by Crippen LogP contribution is -2.49. The molecule has 0 aliphatic carbocycles. The van der Waals surface area contributed by atoms with E-state index in [2.05, 4.69) is 14.9 Å². The zero-order valence-corrected chi connectivity index (χ0v) is 22.7. The first-order valence-corrected chi connectivity index (χ1v) is 13.6. The number of anilines is 2. The SMILES string of the molecule is CCCNC(=O)CN1CCN(c2ccc(NS(=O)(=O)c3ccccc3C)c(C(=O)O)c2)CC1.O=C(O)C(F)(F)F. The van der Waals surface area contributed by atoms with E-state index < -0.39 is 28.1 Å². The zero-order chi connectivity index (χ0) is 30.1. The molecule has 1 aliphatic rings. The molecule has 1 fully saturated rings. The third kappa shape index (κ3) is 9.41. The number of nitrogens with one attached hydrogen (secondary N) is 2. The van der Waals surface area contributed by atoms with E-state index in [0.29, 0.717) is 50.5 Å². The predicted molar refractivity (Wildman–Crippen MR) is 141 cm³/mol. The average molecular weight is 589 g/mol. The number of sulfonamides is 1. The maximum atomic E-state index is 12.8. The average Bonchev–Trinajstić information content (AvgIpc) is 2.88. The second kappa shape index (κ2) is 14.0. The van der Waals surface area contributed by atoms with E-state index in [1.807, 2.05) is 11.8 Å². The summed E-state index contributed by atoms with van der Waals surface area (Å²) in [5.74, 6) is -3.97. The minimum absolute atomic E-state index is 0.00347. The normalized spacial score (nSPS) is 14.1. The number of halogens is 3. The number of hydrogen-bond donors (Lipinski definition) is 4. The molecule has 1 amide bonds. The summed E-state index contributed by atoms with van der Waals surface area (Å²) in [6.07, 6.45) is -4.19. The van der Waals surface area contributed by atoms with Crippen LogP contribution in [-0.4, -0.2) is 86.8 Å². The monoisotopic (exact) mass is 588 g/mol. The van der Waals surface area contributed by atoms with E-state index in [1.165, 1.54) is 18.2 Å². The van der Waals surface area contributed by atoms with Gasteiger partial charge >= 0.3 is 18.1 Å². The van der Waals surface area contributed by atoms with Crippen molar-refractivity contribution in [3.05, 3.63) is 53.6 Å². The number of carbonyl (C=O) groups is 3. The van der Waals surface area contributed by atoms with E-state index in [-0.39, 0.29) is 22.1 Å². The van der Waals surface area contributed by atoms with E-state index in [1.54, 1.807) is 31.2 Å². The van der Waals surface area contributed by atoms with Gasteiger partial charge in [0.2, 0.25) is 5.91 Å². The van der Waals surface area contributed by atoms with Crippen molar-refractivity contribution in [2.45, 2.75) is 31.3 Å². The summed E-state index contributed by atoms with van der Waals surface area (Å²) >= 11 is 0. The van der Waals surface area contributed by atoms with Gasteiger partial charge in [0.15, 0.2) is 0 Å². The first-order chi connectivity index (χ1) is 18.7. The first-order valence-electron chi connectivity index (χ1n) is 12.2. The van der Waals surface area contributed by atoms with Gasteiger partial charge in [0.05, 0.1) is 22.7 Å². The van der Waals surface area contributed by atoms with Crippen molar-refractivity contribution in [3.63, 3.8) is 0 Å². The number of carbonyl (C=O) groups excluding carboxylic acids is 1. The van der Waals surface area contributed by atoms with E-state index in [0.717, 1.165) is 6.42 Å². The van der Waals surface area contributed by atoms with Crippen molar-refractivity contribution < 1.29 is 46.2 Å². The fourth-order valence-electron chi connectivity index (χ4n) is 3.74. The molecule has 220 valence electrons. The molecule has 0 atom stereocenters. The van der Waals surface area contributed by atoms with Crippen LogP contribution in [0.4, 0.5) is 24.5 Å². The van der Waals surface area contributed by atoms with Crippen molar-refractivity contribution in [1.29, 1.82) is 0 Å². The Labute approximate surface area is 229 Å². The molecule has 1 heterocycles. The minimum atomic E-state index is -5.08. The van der Waals surface area contributed by atoms with Gasteiger partial charge in [-0.15, -0.1) is 0 Å². The van der Waals surface area contributed by atoms with Crippen molar-refractivity contribution in [3.8, 4) is 0 Å². The van der Waals surface area contributed by atoms with Gasteiger partial charge in [0.1, 0.15) is 0 Å². The standard InChI is InChI=1S/C23H30N4O5S.C2HF3O2/c1-3-10-24-22(28)16-26-11-13-27(14-12-26)18-8-9-20(19(15-18)23(29)30)25-33(31,32)21-7-5-4-6-17(21)2;3-2(4,5)1(6)7/h4-9,15,25H,3,10-14,16H2,1-2H3,(H,24,28)(H,29,30);(H,6,7). The maximum absolute atomic E-state index is 12.8. The third-order valence-corrected chi connectivity index (χ3v) is 7.31. The fourth-order valence-corrected chi connectivity index (χ4v) is 5.07. The van der Waals surface area contributed by atoms with Gasteiger partial charge in [-0.25, -0.2) is 18.0 Å². The molecule has 15 heteroatoms. The van der Waals surface area contributed by atoms with Gasteiger partial charge in [0, 0.05) is 38.4 Å². The summed E-state index contributed by atoms with van der Waals surface area (Å²) in [5, 5.41) is 19.7. The van der Waals surface area contributed by atoms with Crippen LogP contribution in [0.5, 0.6) is 0 Å². The highest BCUT2D eigenvalue weighted by Crippen LogP contribution is 2.27. The Kier molecular flexibility index (Phi) is 11.3. The van der Waals surface area contributed by atoms with E-state index in [9.17, 15) is 36.3 Å². The Hall–Kier alpha value is -3.85. The molecule has 0 saturated carbocycles. The van der Waals surface area contributed by atoms with Crippen molar-refractivity contribution in [1.82, 2.24) is 10.2 Å². The van der Waals surface area contributed by atoms with E-state index >= 15 is 0 Å². The molecule has 11 nitrogen and oxygen atoms in total. The number of alkyl halides is 3. The number of carboxylic acid groups (broad SMARTS) is 2. The quantitative estimate of drug-likeness (QED) is 0.346. The lowest BCUT2D eigenvalue weighted by Gasteiger charge is -2.36. The topological polar surface area (TPSA) is 156 Å². The number of aryl methyl sites for hydroxylation is 1. The van der Waals surface area contributed by atoms with E-state index in [4.69, 9.17) is 9.90 Å². The highest BCUT2D eigenvalue weighted by molar-refractivity contribution is 7.92. The Morgan fingerprint density at radius 3 is 2.12 bits per heavy atom. The molecule has 3 rings (SSSR count). The molecule has 0 radical (unpaired) electrons. The molecule has 1 aliphatic heterocycles. The van der Waals surface area contributed by atoms with Crippen LogP contribution < -0.4 is 14.9 Å². The number of benzene rings is 2. The van der Waals surface area contributed by atoms with Crippen molar-refractivity contribution >= 4 is 39.2 Å². The second-order valence-electron chi connectivity index (χ2n) is 8.82. The maximum Gasteiger partial charge on any atom is 0.490 e. The first kappa shape index (κ1) is 32.4. The number of aromatic carboxylic acids is 1. The van der Waals surface area contributed by atoms with Crippen molar-refractivity contribution in [2.24, 2.45) is 0 Å². The molecular weight excluding hydrogens is 557 g/mol. The number of nitrogens with zero attached hydrogens (tertiary/aromatic N) is 2. The van der Waals surface area contributed by atoms with Gasteiger partial charge in [-0.1, -0.05) is 25.1 Å². The zero-order valence-electron chi connectivity index (χ0n) is 21.9. The van der Waals surface area contributed by atoms with Crippen LogP contribution >= 0.6 is 0 Å². The number of amides is 1. The smallest absolute Gasteiger partial charge is 0.478 e. The molecule has 40 heavy (non-hydrogen) atoms. The van der Waals surface area contributed by atoms with Crippen molar-refractivity contribution in [2.75, 3.05) is 48.9 Å². The molecule has 4 N–H and O–H groups in total. The minimum Gasteiger partial charge on any atom is -0.478 e. The number of piperazine rings is 1. The van der Waals surface area contributed by atoms with Crippen LogP contribution in [0.15, 0.2) is 47.4 Å². The Morgan fingerprint density at radius 2 is 1.60 bits per heavy atom. The molecule has 0 aromatic heterocycles. The lowest BCUT2D eigenvalue weighted by molar-refractivity contribution is -0.192. The molecule has 0 unspecified atom stereocenters. The lowest BCUT2D eigenvalue weighted by atomic mass is 10.1.